The molecule has 0 nitrogen and oxygen atoms in total. The molecule has 0 saturated heterocycles. The molecule has 0 aliphatic heterocycles. The fourth-order valence-corrected chi connectivity index (χ4v) is 0.866. The monoisotopic (exact) mass is 158 g/mol. The van der Waals surface area contributed by atoms with E-state index in [0.717, 1.165) is 11.8 Å². The summed E-state index contributed by atoms with van der Waals surface area (Å²) in [7, 11) is 0. The number of hydrogen-bond donors (Lipinski definition) is 0. The van der Waals surface area contributed by atoms with Crippen LogP contribution in [0.1, 0.15) is 60.8 Å². The van der Waals surface area contributed by atoms with Crippen LogP contribution < -0.4 is 0 Å². The maximum absolute atomic E-state index is 2.26. The Morgan fingerprint density at radius 3 is 0.909 bits per heavy atom. The second-order valence-electron chi connectivity index (χ2n) is 3.82. The number of rotatable bonds is 3. The Morgan fingerprint density at radius 1 is 0.727 bits per heavy atom. The van der Waals surface area contributed by atoms with Gasteiger partial charge in [0.1, 0.15) is 0 Å². The topological polar surface area (TPSA) is 0 Å². The van der Waals surface area contributed by atoms with E-state index in [0.29, 0.717) is 0 Å². The number of hydrogen-bond acceptors (Lipinski definition) is 0. The van der Waals surface area contributed by atoms with Gasteiger partial charge in [-0.2, -0.15) is 0 Å². The van der Waals surface area contributed by atoms with Crippen LogP contribution >= 0.6 is 0 Å². The highest BCUT2D eigenvalue weighted by Crippen LogP contribution is 2.09. The zero-order valence-corrected chi connectivity index (χ0v) is 9.28. The minimum Gasteiger partial charge on any atom is -0.0651 e. The second kappa shape index (κ2) is 10.0. The summed E-state index contributed by atoms with van der Waals surface area (Å²) in [6.45, 7) is 13.3. The van der Waals surface area contributed by atoms with Crippen LogP contribution in [0.3, 0.4) is 0 Å². The van der Waals surface area contributed by atoms with E-state index in [9.17, 15) is 0 Å². The van der Waals surface area contributed by atoms with Crippen molar-refractivity contribution in [2.45, 2.75) is 60.8 Å². The Morgan fingerprint density at radius 2 is 0.909 bits per heavy atom. The predicted octanol–water partition coefficient (Wildman–Crippen LogP) is 4.49. The molecule has 70 valence electrons. The van der Waals surface area contributed by atoms with E-state index in [-0.39, 0.29) is 0 Å². The Kier molecular flexibility index (Phi) is 12.3. The average Bonchev–Trinajstić information content (AvgIpc) is 1.90. The van der Waals surface area contributed by atoms with E-state index in [1.165, 1.54) is 19.3 Å². The SMILES string of the molecule is CC(C)C.CCC(CC)CC. The molecule has 0 radical (unpaired) electrons. The second-order valence-corrected chi connectivity index (χ2v) is 3.82. The van der Waals surface area contributed by atoms with Crippen molar-refractivity contribution >= 4 is 0 Å². The standard InChI is InChI=1S/C7H16.C4H10/c1-4-7(5-2)6-3;1-4(2)3/h7H,4-6H2,1-3H3;4H,1-3H3. The van der Waals surface area contributed by atoms with E-state index >= 15 is 0 Å². The van der Waals surface area contributed by atoms with Gasteiger partial charge < -0.3 is 0 Å². The summed E-state index contributed by atoms with van der Waals surface area (Å²) >= 11 is 0. The molecule has 0 bridgehead atoms. The van der Waals surface area contributed by atoms with Gasteiger partial charge in [0.05, 0.1) is 0 Å². The summed E-state index contributed by atoms with van der Waals surface area (Å²) in [4.78, 5) is 0. The maximum Gasteiger partial charge on any atom is -0.0422 e. The molecule has 0 rings (SSSR count). The van der Waals surface area contributed by atoms with Crippen molar-refractivity contribution in [2.24, 2.45) is 11.8 Å². The molecule has 0 aliphatic carbocycles. The van der Waals surface area contributed by atoms with Gasteiger partial charge in [-0.3, -0.25) is 0 Å². The van der Waals surface area contributed by atoms with E-state index in [1.807, 2.05) is 0 Å². The molecule has 0 aromatic carbocycles. The first-order valence-corrected chi connectivity index (χ1v) is 5.08. The molecule has 0 fully saturated rings. The summed E-state index contributed by atoms with van der Waals surface area (Å²) in [5, 5.41) is 0. The van der Waals surface area contributed by atoms with Crippen LogP contribution in [-0.4, -0.2) is 0 Å². The molecule has 0 aromatic heterocycles. The van der Waals surface area contributed by atoms with Gasteiger partial charge in [0.15, 0.2) is 0 Å². The van der Waals surface area contributed by atoms with Gasteiger partial charge in [-0.1, -0.05) is 60.8 Å². The first-order valence-electron chi connectivity index (χ1n) is 5.08. The summed E-state index contributed by atoms with van der Waals surface area (Å²) in [6.07, 6.45) is 4.06. The molecule has 11 heavy (non-hydrogen) atoms. The minimum absolute atomic E-state index is 0.833. The molecule has 0 atom stereocenters. The molecule has 0 spiro atoms. The minimum atomic E-state index is 0.833. The van der Waals surface area contributed by atoms with E-state index in [1.54, 1.807) is 0 Å². The highest BCUT2D eigenvalue weighted by Gasteiger charge is 1.95. The Bertz CT molecular complexity index is 42.8. The molecule has 0 heteroatoms. The van der Waals surface area contributed by atoms with Crippen LogP contribution in [0, 0.1) is 11.8 Å². The van der Waals surface area contributed by atoms with Crippen LogP contribution in [0.15, 0.2) is 0 Å². The van der Waals surface area contributed by atoms with Crippen LogP contribution in [0.4, 0.5) is 0 Å². The molecule has 0 aliphatic rings. The third kappa shape index (κ3) is 17.8. The van der Waals surface area contributed by atoms with Crippen LogP contribution in [0.2, 0.25) is 0 Å². The lowest BCUT2D eigenvalue weighted by Crippen LogP contribution is -1.91. The summed E-state index contributed by atoms with van der Waals surface area (Å²) in [5.74, 6) is 1.82. The fourth-order valence-electron chi connectivity index (χ4n) is 0.866. The van der Waals surface area contributed by atoms with Crippen molar-refractivity contribution in [3.05, 3.63) is 0 Å². The van der Waals surface area contributed by atoms with Crippen LogP contribution in [-0.2, 0) is 0 Å². The molecule has 0 heterocycles. The van der Waals surface area contributed by atoms with Crippen LogP contribution in [0.5, 0.6) is 0 Å². The lowest BCUT2D eigenvalue weighted by Gasteiger charge is -2.05. The lowest BCUT2D eigenvalue weighted by atomic mass is 10.0. The van der Waals surface area contributed by atoms with Gasteiger partial charge in [0.25, 0.3) is 0 Å². The van der Waals surface area contributed by atoms with Gasteiger partial charge in [0, 0.05) is 0 Å². The Labute approximate surface area is 73.4 Å². The quantitative estimate of drug-likeness (QED) is 0.567. The molecular formula is C11H26. The van der Waals surface area contributed by atoms with Gasteiger partial charge in [0.2, 0.25) is 0 Å². The fraction of sp³-hybridized carbons (Fsp3) is 1.00. The Hall–Kier alpha value is 0. The van der Waals surface area contributed by atoms with E-state index in [4.69, 9.17) is 0 Å². The molecule has 0 saturated carbocycles. The average molecular weight is 158 g/mol. The molecular weight excluding hydrogens is 132 g/mol. The zero-order valence-electron chi connectivity index (χ0n) is 9.28. The molecule has 0 amide bonds. The lowest BCUT2D eigenvalue weighted by molar-refractivity contribution is 0.477. The highest BCUT2D eigenvalue weighted by molar-refractivity contribution is 4.48. The van der Waals surface area contributed by atoms with Crippen molar-refractivity contribution < 1.29 is 0 Å². The van der Waals surface area contributed by atoms with E-state index < -0.39 is 0 Å². The third-order valence-electron chi connectivity index (χ3n) is 1.73. The summed E-state index contributed by atoms with van der Waals surface area (Å²) < 4.78 is 0. The van der Waals surface area contributed by atoms with E-state index in [2.05, 4.69) is 41.5 Å². The first-order chi connectivity index (χ1) is 5.08. The summed E-state index contributed by atoms with van der Waals surface area (Å²) in [5.41, 5.74) is 0. The molecule has 0 aromatic rings. The Balaban J connectivity index is 0. The van der Waals surface area contributed by atoms with Crippen molar-refractivity contribution in [2.75, 3.05) is 0 Å². The van der Waals surface area contributed by atoms with Gasteiger partial charge in [-0.15, -0.1) is 0 Å². The largest absolute Gasteiger partial charge is 0.0651 e. The molecule has 0 unspecified atom stereocenters. The van der Waals surface area contributed by atoms with Crippen molar-refractivity contribution in [3.8, 4) is 0 Å². The van der Waals surface area contributed by atoms with Crippen molar-refractivity contribution in [3.63, 3.8) is 0 Å². The normalized spacial score (nSPS) is 9.82. The highest BCUT2D eigenvalue weighted by atomic mass is 14.0. The van der Waals surface area contributed by atoms with Gasteiger partial charge in [-0.05, 0) is 11.8 Å². The maximum atomic E-state index is 2.26. The predicted molar refractivity (Wildman–Crippen MR) is 54.9 cm³/mol. The van der Waals surface area contributed by atoms with Crippen molar-refractivity contribution in [1.82, 2.24) is 0 Å². The first kappa shape index (κ1) is 13.6. The smallest absolute Gasteiger partial charge is 0.0422 e. The van der Waals surface area contributed by atoms with Gasteiger partial charge in [-0.25, -0.2) is 0 Å². The summed E-state index contributed by atoms with van der Waals surface area (Å²) in [6, 6.07) is 0. The van der Waals surface area contributed by atoms with Crippen LogP contribution in [0.25, 0.3) is 0 Å². The van der Waals surface area contributed by atoms with Gasteiger partial charge >= 0.3 is 0 Å². The zero-order chi connectivity index (χ0) is 9.28. The van der Waals surface area contributed by atoms with Crippen molar-refractivity contribution in [1.29, 1.82) is 0 Å². The third-order valence-corrected chi connectivity index (χ3v) is 1.73. The molecule has 0 N–H and O–H groups in total.